The van der Waals surface area contributed by atoms with Crippen molar-refractivity contribution < 1.29 is 14.0 Å². The first-order valence-corrected chi connectivity index (χ1v) is 7.44. The molecule has 122 valence electrons. The molecular weight excluding hydrogens is 332 g/mol. The first-order chi connectivity index (χ1) is 10.2. The number of urea groups is 1. The normalized spacial score (nSPS) is 12.1. The largest absolute Gasteiger partial charge is 0.336 e. The van der Waals surface area contributed by atoms with Crippen LogP contribution in [0.2, 0.25) is 10.0 Å². The third kappa shape index (κ3) is 5.79. The van der Waals surface area contributed by atoms with Gasteiger partial charge in [-0.2, -0.15) is 0 Å². The van der Waals surface area contributed by atoms with Gasteiger partial charge in [-0.25, -0.2) is 9.18 Å². The van der Waals surface area contributed by atoms with Gasteiger partial charge in [-0.3, -0.25) is 10.1 Å². The van der Waals surface area contributed by atoms with Crippen LogP contribution in [0.25, 0.3) is 0 Å². The molecule has 0 aliphatic heterocycles. The quantitative estimate of drug-likeness (QED) is 0.715. The standard InChI is InChI=1S/C14H18Cl2FN3O2/c1-7(2)19-14(22)20-13(21)6-18-8(3)9-4-12(17)11(16)5-10(9)15/h4-5,7-8,18H,6H2,1-3H3,(H2,19,20,21,22)/t8-/m0/s1. The summed E-state index contributed by atoms with van der Waals surface area (Å²) in [7, 11) is 0. The van der Waals surface area contributed by atoms with E-state index in [0.717, 1.165) is 0 Å². The van der Waals surface area contributed by atoms with Crippen molar-refractivity contribution in [2.75, 3.05) is 6.54 Å². The number of imide groups is 1. The Bertz CT molecular complexity index is 567. The molecule has 0 saturated heterocycles. The lowest BCUT2D eigenvalue weighted by molar-refractivity contribution is -0.119. The van der Waals surface area contributed by atoms with Gasteiger partial charge in [0.1, 0.15) is 5.82 Å². The molecule has 1 aromatic rings. The van der Waals surface area contributed by atoms with E-state index >= 15 is 0 Å². The van der Waals surface area contributed by atoms with E-state index in [4.69, 9.17) is 23.2 Å². The molecule has 22 heavy (non-hydrogen) atoms. The Morgan fingerprint density at radius 3 is 2.41 bits per heavy atom. The van der Waals surface area contributed by atoms with Crippen LogP contribution in [0.3, 0.4) is 0 Å². The fourth-order valence-corrected chi connectivity index (χ4v) is 2.24. The van der Waals surface area contributed by atoms with Gasteiger partial charge < -0.3 is 10.6 Å². The van der Waals surface area contributed by atoms with Crippen molar-refractivity contribution in [3.63, 3.8) is 0 Å². The summed E-state index contributed by atoms with van der Waals surface area (Å²) in [6, 6.07) is 1.49. The summed E-state index contributed by atoms with van der Waals surface area (Å²) in [5, 5.41) is 7.79. The molecule has 1 rings (SSSR count). The summed E-state index contributed by atoms with van der Waals surface area (Å²) in [6.45, 7) is 5.16. The lowest BCUT2D eigenvalue weighted by Gasteiger charge is -2.16. The van der Waals surface area contributed by atoms with Crippen molar-refractivity contribution in [3.05, 3.63) is 33.6 Å². The average molecular weight is 350 g/mol. The highest BCUT2D eigenvalue weighted by Gasteiger charge is 2.15. The summed E-state index contributed by atoms with van der Waals surface area (Å²) < 4.78 is 13.5. The van der Waals surface area contributed by atoms with Crippen molar-refractivity contribution in [2.24, 2.45) is 0 Å². The minimum Gasteiger partial charge on any atom is -0.336 e. The second kappa shape index (κ2) is 8.31. The van der Waals surface area contributed by atoms with Gasteiger partial charge in [0, 0.05) is 17.1 Å². The number of benzene rings is 1. The van der Waals surface area contributed by atoms with Crippen LogP contribution in [0, 0.1) is 5.82 Å². The Morgan fingerprint density at radius 2 is 1.82 bits per heavy atom. The highest BCUT2D eigenvalue weighted by Crippen LogP contribution is 2.28. The number of hydrogen-bond donors (Lipinski definition) is 3. The van der Waals surface area contributed by atoms with E-state index in [1.54, 1.807) is 20.8 Å². The van der Waals surface area contributed by atoms with Crippen molar-refractivity contribution in [2.45, 2.75) is 32.9 Å². The zero-order chi connectivity index (χ0) is 16.9. The number of rotatable bonds is 5. The molecule has 0 spiro atoms. The molecule has 0 saturated carbocycles. The van der Waals surface area contributed by atoms with Gasteiger partial charge in [0.25, 0.3) is 0 Å². The molecule has 1 aromatic carbocycles. The van der Waals surface area contributed by atoms with E-state index in [2.05, 4.69) is 16.0 Å². The summed E-state index contributed by atoms with van der Waals surface area (Å²) in [6.07, 6.45) is 0. The van der Waals surface area contributed by atoms with Crippen LogP contribution >= 0.6 is 23.2 Å². The number of hydrogen-bond acceptors (Lipinski definition) is 3. The lowest BCUT2D eigenvalue weighted by atomic mass is 10.1. The van der Waals surface area contributed by atoms with Crippen LogP contribution in [0.4, 0.5) is 9.18 Å². The maximum Gasteiger partial charge on any atom is 0.321 e. The molecule has 0 fully saturated rings. The van der Waals surface area contributed by atoms with Crippen molar-refractivity contribution in [1.82, 2.24) is 16.0 Å². The van der Waals surface area contributed by atoms with Crippen LogP contribution in [0.5, 0.6) is 0 Å². The third-order valence-electron chi connectivity index (χ3n) is 2.75. The number of carbonyl (C=O) groups excluding carboxylic acids is 2. The van der Waals surface area contributed by atoms with E-state index in [-0.39, 0.29) is 17.6 Å². The third-order valence-corrected chi connectivity index (χ3v) is 3.36. The van der Waals surface area contributed by atoms with E-state index in [9.17, 15) is 14.0 Å². The molecule has 3 N–H and O–H groups in total. The Labute approximate surface area is 138 Å². The minimum absolute atomic E-state index is 0.0657. The summed E-state index contributed by atoms with van der Waals surface area (Å²) in [5.74, 6) is -1.09. The van der Waals surface area contributed by atoms with Crippen LogP contribution in [0.15, 0.2) is 12.1 Å². The second-order valence-corrected chi connectivity index (χ2v) is 5.88. The summed E-state index contributed by atoms with van der Waals surface area (Å²) in [5.41, 5.74) is 0.475. The molecular formula is C14H18Cl2FN3O2. The molecule has 0 bridgehead atoms. The van der Waals surface area contributed by atoms with Crippen molar-refractivity contribution in [1.29, 1.82) is 0 Å². The molecule has 5 nitrogen and oxygen atoms in total. The number of halogens is 3. The highest BCUT2D eigenvalue weighted by molar-refractivity contribution is 6.35. The Morgan fingerprint density at radius 1 is 1.18 bits per heavy atom. The number of carbonyl (C=O) groups is 2. The molecule has 0 aliphatic rings. The molecule has 1 atom stereocenters. The van der Waals surface area contributed by atoms with Gasteiger partial charge in [-0.1, -0.05) is 23.2 Å². The van der Waals surface area contributed by atoms with Gasteiger partial charge in [-0.05, 0) is 38.5 Å². The van der Waals surface area contributed by atoms with Gasteiger partial charge in [-0.15, -0.1) is 0 Å². The van der Waals surface area contributed by atoms with E-state index < -0.39 is 23.8 Å². The molecule has 8 heteroatoms. The molecule has 0 unspecified atom stereocenters. The van der Waals surface area contributed by atoms with Crippen LogP contribution in [-0.2, 0) is 4.79 Å². The van der Waals surface area contributed by atoms with E-state index in [1.807, 2.05) is 0 Å². The fraction of sp³-hybridized carbons (Fsp3) is 0.429. The number of nitrogens with one attached hydrogen (secondary N) is 3. The predicted octanol–water partition coefficient (Wildman–Crippen LogP) is 3.02. The summed E-state index contributed by atoms with van der Waals surface area (Å²) in [4.78, 5) is 23.0. The topological polar surface area (TPSA) is 70.2 Å². The fourth-order valence-electron chi connectivity index (χ4n) is 1.69. The average Bonchev–Trinajstić information content (AvgIpc) is 2.39. The smallest absolute Gasteiger partial charge is 0.321 e. The Kier molecular flexibility index (Phi) is 7.06. The maximum absolute atomic E-state index is 13.5. The van der Waals surface area contributed by atoms with Gasteiger partial charge in [0.2, 0.25) is 5.91 Å². The van der Waals surface area contributed by atoms with Crippen LogP contribution < -0.4 is 16.0 Å². The number of amides is 3. The molecule has 0 heterocycles. The predicted molar refractivity (Wildman–Crippen MR) is 84.6 cm³/mol. The van der Waals surface area contributed by atoms with Gasteiger partial charge >= 0.3 is 6.03 Å². The monoisotopic (exact) mass is 349 g/mol. The van der Waals surface area contributed by atoms with E-state index in [0.29, 0.717) is 10.6 Å². The van der Waals surface area contributed by atoms with Crippen LogP contribution in [-0.4, -0.2) is 24.5 Å². The molecule has 0 radical (unpaired) electrons. The Balaban J connectivity index is 2.56. The maximum atomic E-state index is 13.5. The molecule has 3 amide bonds. The second-order valence-electron chi connectivity index (χ2n) is 5.07. The SMILES string of the molecule is CC(C)NC(=O)NC(=O)CN[C@@H](C)c1cc(F)c(Cl)cc1Cl. The first-order valence-electron chi connectivity index (χ1n) is 6.69. The summed E-state index contributed by atoms with van der Waals surface area (Å²) >= 11 is 11.6. The highest BCUT2D eigenvalue weighted by atomic mass is 35.5. The Hall–Kier alpha value is -1.37. The molecule has 0 aliphatic carbocycles. The lowest BCUT2D eigenvalue weighted by Crippen LogP contribution is -2.45. The van der Waals surface area contributed by atoms with Gasteiger partial charge in [0.15, 0.2) is 0 Å². The molecule has 0 aromatic heterocycles. The van der Waals surface area contributed by atoms with Crippen LogP contribution in [0.1, 0.15) is 32.4 Å². The minimum atomic E-state index is -0.588. The zero-order valence-corrected chi connectivity index (χ0v) is 14.0. The van der Waals surface area contributed by atoms with Gasteiger partial charge in [0.05, 0.1) is 11.6 Å². The van der Waals surface area contributed by atoms with E-state index in [1.165, 1.54) is 12.1 Å². The zero-order valence-electron chi connectivity index (χ0n) is 12.5. The van der Waals surface area contributed by atoms with Crippen molar-refractivity contribution >= 4 is 35.1 Å². The van der Waals surface area contributed by atoms with Crippen molar-refractivity contribution in [3.8, 4) is 0 Å². The first kappa shape index (κ1) is 18.7.